The highest BCUT2D eigenvalue weighted by molar-refractivity contribution is 6.35. The quantitative estimate of drug-likeness (QED) is 0.461. The molecule has 0 saturated carbocycles. The molecule has 0 aliphatic carbocycles. The molecule has 0 aliphatic rings. The number of hydrogen-bond acceptors (Lipinski definition) is 2. The topological polar surface area (TPSA) is 29.4 Å². The fourth-order valence-electron chi connectivity index (χ4n) is 0.794. The van der Waals surface area contributed by atoms with Gasteiger partial charge in [-0.25, -0.2) is 0 Å². The highest BCUT2D eigenvalue weighted by atomic mass is 16.1. The Morgan fingerprint density at radius 1 is 1.36 bits per heavy atom. The second-order valence-corrected chi connectivity index (χ2v) is 2.12. The molecule has 0 spiro atoms. The van der Waals surface area contributed by atoms with Crippen LogP contribution < -0.4 is 0 Å². The van der Waals surface area contributed by atoms with Crippen LogP contribution >= 0.6 is 0 Å². The van der Waals surface area contributed by atoms with Gasteiger partial charge in [0.25, 0.3) is 0 Å². The van der Waals surface area contributed by atoms with E-state index in [-0.39, 0.29) is 5.78 Å². The Labute approximate surface area is 65.6 Å². The van der Waals surface area contributed by atoms with Gasteiger partial charge in [0, 0.05) is 12.6 Å². The number of carbonyl (C=O) groups excluding carboxylic acids is 1. The molecule has 0 amide bonds. The number of benzene rings is 1. The van der Waals surface area contributed by atoms with Gasteiger partial charge in [-0.2, -0.15) is 0 Å². The van der Waals surface area contributed by atoms with Gasteiger partial charge in [-0.15, -0.1) is 0 Å². The number of nitrogens with zero attached hydrogens (tertiary/aromatic N) is 1. The first-order valence-corrected chi connectivity index (χ1v) is 3.36. The van der Waals surface area contributed by atoms with Gasteiger partial charge in [0.2, 0.25) is 5.78 Å². The molecular formula is C9H9NO. The molecule has 0 heterocycles. The zero-order valence-electron chi connectivity index (χ0n) is 6.32. The largest absolute Gasteiger partial charge is 0.292 e. The minimum absolute atomic E-state index is 0.0481. The molecule has 0 N–H and O–H groups in total. The van der Waals surface area contributed by atoms with Gasteiger partial charge in [0.15, 0.2) is 0 Å². The van der Waals surface area contributed by atoms with Crippen molar-refractivity contribution in [1.29, 1.82) is 0 Å². The minimum atomic E-state index is -0.0481. The van der Waals surface area contributed by atoms with Crippen LogP contribution in [-0.2, 0) is 0 Å². The smallest absolute Gasteiger partial charge is 0.203 e. The molecule has 0 unspecified atom stereocenters. The predicted molar refractivity (Wildman–Crippen MR) is 45.2 cm³/mol. The first kappa shape index (κ1) is 7.66. The second kappa shape index (κ2) is 3.66. The van der Waals surface area contributed by atoms with Crippen LogP contribution in [0.3, 0.4) is 0 Å². The zero-order chi connectivity index (χ0) is 8.10. The van der Waals surface area contributed by atoms with E-state index < -0.39 is 0 Å². The van der Waals surface area contributed by atoms with Crippen LogP contribution in [0.4, 0.5) is 0 Å². The van der Waals surface area contributed by atoms with E-state index in [0.29, 0.717) is 5.56 Å². The third kappa shape index (κ3) is 2.00. The number of aliphatic imine (C=N–C) groups is 1. The van der Waals surface area contributed by atoms with Crippen LogP contribution in [0.5, 0.6) is 0 Å². The standard InChI is InChI=1S/C9H9NO/c1-10-7-9(11)8-5-3-2-4-6-8/h2-7H,1H3/b10-7+. The minimum Gasteiger partial charge on any atom is -0.292 e. The highest BCUT2D eigenvalue weighted by Gasteiger charge is 1.98. The number of rotatable bonds is 2. The van der Waals surface area contributed by atoms with Crippen molar-refractivity contribution in [2.75, 3.05) is 7.05 Å². The first-order valence-electron chi connectivity index (χ1n) is 3.36. The third-order valence-corrected chi connectivity index (χ3v) is 1.30. The molecule has 56 valence electrons. The van der Waals surface area contributed by atoms with E-state index in [0.717, 1.165) is 0 Å². The molecule has 1 aromatic carbocycles. The van der Waals surface area contributed by atoms with E-state index in [9.17, 15) is 4.79 Å². The molecular weight excluding hydrogens is 138 g/mol. The van der Waals surface area contributed by atoms with Crippen LogP contribution in [0.25, 0.3) is 0 Å². The monoisotopic (exact) mass is 147 g/mol. The molecule has 0 aromatic heterocycles. The van der Waals surface area contributed by atoms with Crippen molar-refractivity contribution in [1.82, 2.24) is 0 Å². The van der Waals surface area contributed by atoms with Gasteiger partial charge in [-0.05, 0) is 0 Å². The number of Topliss-reactive ketones (excluding diaryl/α,β-unsaturated/α-hetero) is 1. The van der Waals surface area contributed by atoms with Crippen molar-refractivity contribution in [3.63, 3.8) is 0 Å². The summed E-state index contributed by atoms with van der Waals surface area (Å²) in [7, 11) is 1.58. The maximum atomic E-state index is 11.1. The lowest BCUT2D eigenvalue weighted by atomic mass is 10.1. The maximum absolute atomic E-state index is 11.1. The van der Waals surface area contributed by atoms with E-state index in [1.54, 1.807) is 19.2 Å². The van der Waals surface area contributed by atoms with Crippen molar-refractivity contribution in [3.05, 3.63) is 35.9 Å². The normalized spacial score (nSPS) is 10.3. The first-order chi connectivity index (χ1) is 5.34. The van der Waals surface area contributed by atoms with Crippen LogP contribution in [0.15, 0.2) is 35.3 Å². The van der Waals surface area contributed by atoms with Crippen molar-refractivity contribution in [2.45, 2.75) is 0 Å². The van der Waals surface area contributed by atoms with Gasteiger partial charge >= 0.3 is 0 Å². The van der Waals surface area contributed by atoms with Gasteiger partial charge in [-0.1, -0.05) is 30.3 Å². The molecule has 0 fully saturated rings. The van der Waals surface area contributed by atoms with Gasteiger partial charge < -0.3 is 0 Å². The van der Waals surface area contributed by atoms with E-state index >= 15 is 0 Å². The molecule has 1 rings (SSSR count). The van der Waals surface area contributed by atoms with E-state index in [4.69, 9.17) is 0 Å². The predicted octanol–water partition coefficient (Wildman–Crippen LogP) is 1.57. The Bertz CT molecular complexity index is 264. The third-order valence-electron chi connectivity index (χ3n) is 1.30. The molecule has 0 aliphatic heterocycles. The van der Waals surface area contributed by atoms with Crippen molar-refractivity contribution in [2.24, 2.45) is 4.99 Å². The maximum Gasteiger partial charge on any atom is 0.203 e. The summed E-state index contributed by atoms with van der Waals surface area (Å²) in [5, 5.41) is 0. The number of ketones is 1. The second-order valence-electron chi connectivity index (χ2n) is 2.12. The summed E-state index contributed by atoms with van der Waals surface area (Å²) in [6.45, 7) is 0. The Hall–Kier alpha value is -1.44. The van der Waals surface area contributed by atoms with Crippen LogP contribution in [0.1, 0.15) is 10.4 Å². The van der Waals surface area contributed by atoms with Crippen LogP contribution in [-0.4, -0.2) is 19.0 Å². The Balaban J connectivity index is 2.86. The van der Waals surface area contributed by atoms with Crippen molar-refractivity contribution < 1.29 is 4.79 Å². The molecule has 0 atom stereocenters. The molecule has 0 saturated heterocycles. The average molecular weight is 147 g/mol. The molecule has 11 heavy (non-hydrogen) atoms. The Morgan fingerprint density at radius 2 is 2.00 bits per heavy atom. The van der Waals surface area contributed by atoms with Crippen LogP contribution in [0, 0.1) is 0 Å². The molecule has 1 aromatic rings. The lowest BCUT2D eigenvalue weighted by Gasteiger charge is -1.91. The average Bonchev–Trinajstić information content (AvgIpc) is 2.07. The molecule has 0 bridgehead atoms. The summed E-state index contributed by atoms with van der Waals surface area (Å²) in [6, 6.07) is 9.07. The zero-order valence-corrected chi connectivity index (χ0v) is 6.32. The summed E-state index contributed by atoms with van der Waals surface area (Å²) in [5.41, 5.74) is 0.679. The molecule has 0 radical (unpaired) electrons. The Kier molecular flexibility index (Phi) is 2.55. The number of hydrogen-bond donors (Lipinski definition) is 0. The lowest BCUT2D eigenvalue weighted by Crippen LogP contribution is -1.98. The fourth-order valence-corrected chi connectivity index (χ4v) is 0.794. The summed E-state index contributed by atoms with van der Waals surface area (Å²) < 4.78 is 0. The summed E-state index contributed by atoms with van der Waals surface area (Å²) in [5.74, 6) is -0.0481. The van der Waals surface area contributed by atoms with Gasteiger partial charge in [0.05, 0.1) is 6.21 Å². The Morgan fingerprint density at radius 3 is 2.55 bits per heavy atom. The highest BCUT2D eigenvalue weighted by Crippen LogP contribution is 1.97. The lowest BCUT2D eigenvalue weighted by molar-refractivity contribution is 0.107. The SMILES string of the molecule is C/N=C/C(=O)c1ccccc1. The van der Waals surface area contributed by atoms with E-state index in [1.807, 2.05) is 18.2 Å². The van der Waals surface area contributed by atoms with E-state index in [2.05, 4.69) is 4.99 Å². The van der Waals surface area contributed by atoms with E-state index in [1.165, 1.54) is 6.21 Å². The van der Waals surface area contributed by atoms with Crippen molar-refractivity contribution in [3.8, 4) is 0 Å². The van der Waals surface area contributed by atoms with Gasteiger partial charge in [0.1, 0.15) is 0 Å². The number of carbonyl (C=O) groups is 1. The van der Waals surface area contributed by atoms with Crippen molar-refractivity contribution >= 4 is 12.0 Å². The molecule has 2 heteroatoms. The summed E-state index contributed by atoms with van der Waals surface area (Å²) in [4.78, 5) is 14.7. The summed E-state index contributed by atoms with van der Waals surface area (Å²) in [6.07, 6.45) is 1.31. The van der Waals surface area contributed by atoms with Gasteiger partial charge in [-0.3, -0.25) is 9.79 Å². The van der Waals surface area contributed by atoms with Crippen LogP contribution in [0.2, 0.25) is 0 Å². The fraction of sp³-hybridized carbons (Fsp3) is 0.111. The summed E-state index contributed by atoms with van der Waals surface area (Å²) >= 11 is 0. The molecule has 2 nitrogen and oxygen atoms in total.